The van der Waals surface area contributed by atoms with Crippen LogP contribution in [0.15, 0.2) is 21.3 Å². The van der Waals surface area contributed by atoms with Crippen molar-refractivity contribution in [2.75, 3.05) is 6.54 Å². The second kappa shape index (κ2) is 8.09. The quantitative estimate of drug-likeness (QED) is 0.500. The number of thioether (sulfide) groups is 1. The summed E-state index contributed by atoms with van der Waals surface area (Å²) in [5.74, 6) is 3.46. The zero-order valence-corrected chi connectivity index (χ0v) is 18.3. The summed E-state index contributed by atoms with van der Waals surface area (Å²) in [5.41, 5.74) is 1.62. The number of aromatic nitrogens is 2. The van der Waals surface area contributed by atoms with Gasteiger partial charge in [0.05, 0.1) is 5.25 Å². The molecule has 1 atom stereocenters. The maximum absolute atomic E-state index is 12.5. The highest BCUT2D eigenvalue weighted by Gasteiger charge is 2.54. The molecule has 4 fully saturated rings. The Morgan fingerprint density at radius 3 is 2.59 bits per heavy atom. The van der Waals surface area contributed by atoms with Gasteiger partial charge in [-0.15, -0.1) is 10.2 Å². The predicted molar refractivity (Wildman–Crippen MR) is 114 cm³/mol. The number of carbonyl (C=O) groups is 1. The van der Waals surface area contributed by atoms with E-state index >= 15 is 0 Å². The van der Waals surface area contributed by atoms with Crippen molar-refractivity contribution in [3.63, 3.8) is 0 Å². The van der Waals surface area contributed by atoms with Gasteiger partial charge in [-0.25, -0.2) is 0 Å². The first kappa shape index (κ1) is 19.7. The molecule has 5 aliphatic rings. The Bertz CT molecular complexity index is 752. The molecule has 1 N–H and O–H groups in total. The number of hydrogen-bond acceptors (Lipinski definition) is 5. The first-order valence-corrected chi connectivity index (χ1v) is 12.4. The molecule has 5 nitrogen and oxygen atoms in total. The van der Waals surface area contributed by atoms with Crippen molar-refractivity contribution in [2.24, 2.45) is 17.8 Å². The SMILES string of the molecule is C[C@H](Sc1nnc(C23CC4CC(CC(C4)C2)C3)o1)C(=O)NCCC1=CCCCC1. The Morgan fingerprint density at radius 2 is 1.93 bits per heavy atom. The van der Waals surface area contributed by atoms with Gasteiger partial charge in [0.25, 0.3) is 5.22 Å². The molecule has 4 bridgehead atoms. The summed E-state index contributed by atoms with van der Waals surface area (Å²) < 4.78 is 6.14. The topological polar surface area (TPSA) is 68.0 Å². The van der Waals surface area contributed by atoms with Crippen molar-refractivity contribution in [2.45, 2.75) is 93.4 Å². The van der Waals surface area contributed by atoms with Gasteiger partial charge in [0.2, 0.25) is 11.8 Å². The lowest BCUT2D eigenvalue weighted by molar-refractivity contribution is -0.120. The first-order chi connectivity index (χ1) is 14.1. The van der Waals surface area contributed by atoms with E-state index in [1.54, 1.807) is 0 Å². The fraction of sp³-hybridized carbons (Fsp3) is 0.783. The lowest BCUT2D eigenvalue weighted by Gasteiger charge is -2.55. The molecule has 6 rings (SSSR count). The standard InChI is InChI=1S/C23H33N3O2S/c1-15(20(27)24-8-7-16-5-3-2-4-6-16)29-22-26-25-21(28-22)23-12-17-9-18(13-23)11-19(10-17)14-23/h5,15,17-19H,2-4,6-14H2,1H3,(H,24,27)/t15-,17?,18?,19?,23?/m0/s1. The van der Waals surface area contributed by atoms with Crippen LogP contribution in [0.1, 0.15) is 83.4 Å². The van der Waals surface area contributed by atoms with Gasteiger partial charge in [0, 0.05) is 12.0 Å². The maximum atomic E-state index is 12.5. The second-order valence-electron chi connectivity index (χ2n) is 9.98. The van der Waals surface area contributed by atoms with Crippen LogP contribution < -0.4 is 5.32 Å². The number of nitrogens with one attached hydrogen (secondary N) is 1. The van der Waals surface area contributed by atoms with Crippen LogP contribution in [0, 0.1) is 17.8 Å². The van der Waals surface area contributed by atoms with Gasteiger partial charge in [-0.2, -0.15) is 0 Å². The Morgan fingerprint density at radius 1 is 1.21 bits per heavy atom. The summed E-state index contributed by atoms with van der Waals surface area (Å²) in [5, 5.41) is 12.2. The number of rotatable bonds is 7. The molecular formula is C23H33N3O2S. The van der Waals surface area contributed by atoms with Crippen LogP contribution in [0.3, 0.4) is 0 Å². The molecule has 4 saturated carbocycles. The van der Waals surface area contributed by atoms with Crippen molar-refractivity contribution < 1.29 is 9.21 Å². The Kier molecular flexibility index (Phi) is 5.48. The van der Waals surface area contributed by atoms with Gasteiger partial charge in [0.15, 0.2) is 0 Å². The molecule has 0 radical (unpaired) electrons. The van der Waals surface area contributed by atoms with Gasteiger partial charge in [-0.3, -0.25) is 4.79 Å². The number of allylic oxidation sites excluding steroid dienone is 1. The first-order valence-electron chi connectivity index (χ1n) is 11.6. The fourth-order valence-electron chi connectivity index (χ4n) is 6.67. The van der Waals surface area contributed by atoms with Crippen LogP contribution >= 0.6 is 11.8 Å². The van der Waals surface area contributed by atoms with E-state index in [0.717, 1.165) is 36.6 Å². The minimum absolute atomic E-state index is 0.0564. The van der Waals surface area contributed by atoms with Gasteiger partial charge in [-0.1, -0.05) is 23.4 Å². The molecule has 5 aliphatic carbocycles. The highest BCUT2D eigenvalue weighted by molar-refractivity contribution is 8.00. The lowest BCUT2D eigenvalue weighted by atomic mass is 9.49. The van der Waals surface area contributed by atoms with Crippen molar-refractivity contribution in [1.82, 2.24) is 15.5 Å². The molecule has 158 valence electrons. The minimum atomic E-state index is -0.222. The summed E-state index contributed by atoms with van der Waals surface area (Å²) in [6.45, 7) is 2.65. The van der Waals surface area contributed by atoms with E-state index < -0.39 is 0 Å². The monoisotopic (exact) mass is 415 g/mol. The summed E-state index contributed by atoms with van der Waals surface area (Å²) in [4.78, 5) is 12.5. The van der Waals surface area contributed by atoms with Crippen molar-refractivity contribution in [3.8, 4) is 0 Å². The summed E-state index contributed by atoms with van der Waals surface area (Å²) in [7, 11) is 0. The molecule has 1 aromatic heterocycles. The molecule has 1 aromatic rings. The molecule has 1 heterocycles. The van der Waals surface area contributed by atoms with E-state index in [1.165, 1.54) is 81.5 Å². The zero-order chi connectivity index (χ0) is 19.8. The molecule has 6 heteroatoms. The normalized spacial score (nSPS) is 34.1. The molecule has 29 heavy (non-hydrogen) atoms. The van der Waals surface area contributed by atoms with E-state index in [0.29, 0.717) is 5.22 Å². The average Bonchev–Trinajstić information content (AvgIpc) is 3.17. The highest BCUT2D eigenvalue weighted by Crippen LogP contribution is 2.60. The second-order valence-corrected chi connectivity index (χ2v) is 11.3. The average molecular weight is 416 g/mol. The highest BCUT2D eigenvalue weighted by atomic mass is 32.2. The Hall–Kier alpha value is -1.30. The lowest BCUT2D eigenvalue weighted by Crippen LogP contribution is -2.48. The number of nitrogens with zero attached hydrogens (tertiary/aromatic N) is 2. The molecule has 1 amide bonds. The fourth-order valence-corrected chi connectivity index (χ4v) is 7.38. The van der Waals surface area contributed by atoms with Crippen molar-refractivity contribution in [3.05, 3.63) is 17.5 Å². The van der Waals surface area contributed by atoms with E-state index in [9.17, 15) is 4.79 Å². The summed E-state index contributed by atoms with van der Waals surface area (Å²) >= 11 is 1.40. The largest absolute Gasteiger partial charge is 0.415 e. The third kappa shape index (κ3) is 4.14. The van der Waals surface area contributed by atoms with Crippen LogP contribution in [0.2, 0.25) is 0 Å². The van der Waals surface area contributed by atoms with Gasteiger partial charge in [-0.05, 0) is 95.3 Å². The molecule has 0 aliphatic heterocycles. The zero-order valence-electron chi connectivity index (χ0n) is 17.5. The van der Waals surface area contributed by atoms with Crippen LogP contribution in [-0.4, -0.2) is 27.9 Å². The molecular weight excluding hydrogens is 382 g/mol. The summed E-state index contributed by atoms with van der Waals surface area (Å²) in [6.07, 6.45) is 16.2. The molecule has 0 spiro atoms. The third-order valence-electron chi connectivity index (χ3n) is 7.68. The molecule has 0 saturated heterocycles. The number of carbonyl (C=O) groups excluding carboxylic acids is 1. The van der Waals surface area contributed by atoms with Crippen LogP contribution in [0.25, 0.3) is 0 Å². The smallest absolute Gasteiger partial charge is 0.277 e. The molecule has 0 unspecified atom stereocenters. The van der Waals surface area contributed by atoms with Crippen molar-refractivity contribution >= 4 is 17.7 Å². The Balaban J connectivity index is 1.15. The van der Waals surface area contributed by atoms with Gasteiger partial charge in [0.1, 0.15) is 0 Å². The van der Waals surface area contributed by atoms with E-state index in [1.807, 2.05) is 6.92 Å². The number of amides is 1. The maximum Gasteiger partial charge on any atom is 0.277 e. The number of hydrogen-bond donors (Lipinski definition) is 1. The minimum Gasteiger partial charge on any atom is -0.415 e. The van der Waals surface area contributed by atoms with Crippen LogP contribution in [0.5, 0.6) is 0 Å². The molecule has 0 aromatic carbocycles. The van der Waals surface area contributed by atoms with E-state index in [-0.39, 0.29) is 16.6 Å². The predicted octanol–water partition coefficient (Wildman–Crippen LogP) is 5.02. The third-order valence-corrected chi connectivity index (χ3v) is 8.61. The summed E-state index contributed by atoms with van der Waals surface area (Å²) in [6, 6.07) is 0. The van der Waals surface area contributed by atoms with Gasteiger partial charge < -0.3 is 9.73 Å². The van der Waals surface area contributed by atoms with Gasteiger partial charge >= 0.3 is 0 Å². The van der Waals surface area contributed by atoms with E-state index in [4.69, 9.17) is 4.42 Å². The van der Waals surface area contributed by atoms with Crippen molar-refractivity contribution in [1.29, 1.82) is 0 Å². The van der Waals surface area contributed by atoms with Crippen LogP contribution in [-0.2, 0) is 10.2 Å². The Labute approximate surface area is 177 Å². The van der Waals surface area contributed by atoms with Crippen LogP contribution in [0.4, 0.5) is 0 Å². The van der Waals surface area contributed by atoms with E-state index in [2.05, 4.69) is 21.6 Å².